The number of carboxylic acids is 1. The summed E-state index contributed by atoms with van der Waals surface area (Å²) in [6.45, 7) is 3.61. The molecule has 0 atom stereocenters. The quantitative estimate of drug-likeness (QED) is 0.667. The molecule has 0 aromatic carbocycles. The smallest absolute Gasteiger partial charge is 0.317 e. The van der Waals surface area contributed by atoms with E-state index in [-0.39, 0.29) is 24.7 Å². The predicted molar refractivity (Wildman–Crippen MR) is 87.2 cm³/mol. The second kappa shape index (κ2) is 6.67. The lowest BCUT2D eigenvalue weighted by Crippen LogP contribution is -2.56. The summed E-state index contributed by atoms with van der Waals surface area (Å²) in [6, 6.07) is 0.408. The van der Waals surface area contributed by atoms with Crippen LogP contribution in [0.1, 0.15) is 51.9 Å². The Morgan fingerprint density at radius 2 is 1.96 bits per heavy atom. The fourth-order valence-corrected chi connectivity index (χ4v) is 4.74. The van der Waals surface area contributed by atoms with Crippen LogP contribution in [0.3, 0.4) is 0 Å². The molecule has 3 saturated carbocycles. The number of aliphatic carboxylic acids is 1. The van der Waals surface area contributed by atoms with Crippen molar-refractivity contribution in [1.29, 1.82) is 0 Å². The van der Waals surface area contributed by atoms with Crippen LogP contribution in [0, 0.1) is 11.3 Å². The number of rotatable bonds is 7. The summed E-state index contributed by atoms with van der Waals surface area (Å²) in [5.41, 5.74) is 0.380. The number of carbonyl (C=O) groups is 2. The molecule has 0 radical (unpaired) electrons. The van der Waals surface area contributed by atoms with Gasteiger partial charge < -0.3 is 15.7 Å². The van der Waals surface area contributed by atoms with Crippen molar-refractivity contribution in [3.8, 4) is 0 Å². The molecular weight excluding hydrogens is 294 g/mol. The molecule has 3 N–H and O–H groups in total. The van der Waals surface area contributed by atoms with E-state index >= 15 is 0 Å². The SMILES string of the molecule is CCN(CC(=O)O)C1CC(NC(=O)NCC23CCC(CC2)C3)C1. The second-order valence-corrected chi connectivity index (χ2v) is 7.75. The van der Waals surface area contributed by atoms with E-state index in [0.29, 0.717) is 5.41 Å². The van der Waals surface area contributed by atoms with Crippen molar-refractivity contribution in [2.24, 2.45) is 11.3 Å². The molecule has 2 amide bonds. The molecule has 0 unspecified atom stereocenters. The van der Waals surface area contributed by atoms with E-state index in [2.05, 4.69) is 10.6 Å². The lowest BCUT2D eigenvalue weighted by Gasteiger charge is -2.42. The number of fused-ring (bicyclic) bond motifs is 2. The second-order valence-electron chi connectivity index (χ2n) is 7.75. The number of hydrogen-bond acceptors (Lipinski definition) is 3. The first-order valence-electron chi connectivity index (χ1n) is 9.00. The van der Waals surface area contributed by atoms with Crippen molar-refractivity contribution in [2.75, 3.05) is 19.6 Å². The van der Waals surface area contributed by atoms with E-state index in [1.54, 1.807) is 0 Å². The number of urea groups is 1. The van der Waals surface area contributed by atoms with E-state index in [4.69, 9.17) is 5.11 Å². The van der Waals surface area contributed by atoms with E-state index in [1.165, 1.54) is 32.1 Å². The van der Waals surface area contributed by atoms with Gasteiger partial charge in [-0.1, -0.05) is 6.92 Å². The van der Waals surface area contributed by atoms with E-state index in [9.17, 15) is 9.59 Å². The molecule has 2 bridgehead atoms. The summed E-state index contributed by atoms with van der Waals surface area (Å²) in [5, 5.41) is 15.0. The Labute approximate surface area is 138 Å². The van der Waals surface area contributed by atoms with Gasteiger partial charge in [-0.2, -0.15) is 0 Å². The number of nitrogens with zero attached hydrogens (tertiary/aromatic N) is 1. The Morgan fingerprint density at radius 1 is 1.26 bits per heavy atom. The third-order valence-corrected chi connectivity index (χ3v) is 6.22. The number of nitrogens with one attached hydrogen (secondary N) is 2. The van der Waals surface area contributed by atoms with E-state index < -0.39 is 5.97 Å². The maximum absolute atomic E-state index is 12.1. The minimum absolute atomic E-state index is 0.0561. The van der Waals surface area contributed by atoms with Crippen LogP contribution in [0.15, 0.2) is 0 Å². The zero-order chi connectivity index (χ0) is 16.4. The molecule has 3 fully saturated rings. The average molecular weight is 323 g/mol. The van der Waals surface area contributed by atoms with Crippen LogP contribution in [-0.2, 0) is 4.79 Å². The van der Waals surface area contributed by atoms with Gasteiger partial charge in [0.2, 0.25) is 0 Å². The van der Waals surface area contributed by atoms with Gasteiger partial charge in [0.15, 0.2) is 0 Å². The first-order chi connectivity index (χ1) is 11.0. The highest BCUT2D eigenvalue weighted by atomic mass is 16.4. The molecule has 0 saturated heterocycles. The maximum atomic E-state index is 12.1. The molecular formula is C17H29N3O3. The topological polar surface area (TPSA) is 81.7 Å². The van der Waals surface area contributed by atoms with Crippen molar-refractivity contribution in [3.63, 3.8) is 0 Å². The van der Waals surface area contributed by atoms with Gasteiger partial charge in [0.1, 0.15) is 0 Å². The number of likely N-dealkylation sites (N-methyl/N-ethyl adjacent to an activating group) is 1. The van der Waals surface area contributed by atoms with Crippen molar-refractivity contribution >= 4 is 12.0 Å². The number of carbonyl (C=O) groups excluding carboxylic acids is 1. The number of hydrogen-bond donors (Lipinski definition) is 3. The standard InChI is InChI=1S/C17H29N3O3/c1-2-20(10-15(21)22)14-7-13(8-14)19-16(23)18-11-17-5-3-12(9-17)4-6-17/h12-14H,2-11H2,1H3,(H,21,22)(H2,18,19,23). The van der Waals surface area contributed by atoms with Gasteiger partial charge in [-0.05, 0) is 62.8 Å². The van der Waals surface area contributed by atoms with E-state index in [1.807, 2.05) is 11.8 Å². The number of amides is 2. The first-order valence-corrected chi connectivity index (χ1v) is 9.00. The molecule has 3 rings (SSSR count). The van der Waals surface area contributed by atoms with Gasteiger partial charge in [0.25, 0.3) is 0 Å². The molecule has 0 aromatic heterocycles. The highest BCUT2D eigenvalue weighted by Crippen LogP contribution is 2.53. The lowest BCUT2D eigenvalue weighted by molar-refractivity contribution is -0.139. The molecule has 0 aromatic rings. The van der Waals surface area contributed by atoms with Gasteiger partial charge in [-0.25, -0.2) is 4.79 Å². The monoisotopic (exact) mass is 323 g/mol. The summed E-state index contributed by atoms with van der Waals surface area (Å²) >= 11 is 0. The van der Waals surface area contributed by atoms with Crippen molar-refractivity contribution in [2.45, 2.75) is 64.0 Å². The third-order valence-electron chi connectivity index (χ3n) is 6.22. The van der Waals surface area contributed by atoms with Gasteiger partial charge in [0, 0.05) is 18.6 Å². The summed E-state index contributed by atoms with van der Waals surface area (Å²) < 4.78 is 0. The van der Waals surface area contributed by atoms with Gasteiger partial charge in [-0.3, -0.25) is 9.69 Å². The largest absolute Gasteiger partial charge is 0.480 e. The Hall–Kier alpha value is -1.30. The molecule has 0 aliphatic heterocycles. The van der Waals surface area contributed by atoms with Crippen molar-refractivity contribution < 1.29 is 14.7 Å². The average Bonchev–Trinajstić information content (AvgIpc) is 3.07. The van der Waals surface area contributed by atoms with Crippen LogP contribution in [0.5, 0.6) is 0 Å². The minimum atomic E-state index is -0.785. The van der Waals surface area contributed by atoms with Gasteiger partial charge in [0.05, 0.1) is 6.54 Å². The van der Waals surface area contributed by atoms with Crippen LogP contribution >= 0.6 is 0 Å². The lowest BCUT2D eigenvalue weighted by atomic mass is 9.84. The van der Waals surface area contributed by atoms with Crippen LogP contribution in [-0.4, -0.2) is 53.7 Å². The Kier molecular flexibility index (Phi) is 4.80. The molecule has 3 aliphatic rings. The van der Waals surface area contributed by atoms with E-state index in [0.717, 1.165) is 31.8 Å². The van der Waals surface area contributed by atoms with Crippen LogP contribution in [0.4, 0.5) is 4.79 Å². The molecule has 6 nitrogen and oxygen atoms in total. The molecule has 0 heterocycles. The zero-order valence-corrected chi connectivity index (χ0v) is 14.0. The highest BCUT2D eigenvalue weighted by Gasteiger charge is 2.44. The predicted octanol–water partition coefficient (Wildman–Crippen LogP) is 1.80. The molecule has 0 spiro atoms. The minimum Gasteiger partial charge on any atom is -0.480 e. The molecule has 6 heteroatoms. The Balaban J connectivity index is 1.35. The summed E-state index contributed by atoms with van der Waals surface area (Å²) in [4.78, 5) is 24.9. The first kappa shape index (κ1) is 16.6. The highest BCUT2D eigenvalue weighted by molar-refractivity contribution is 5.74. The molecule has 130 valence electrons. The van der Waals surface area contributed by atoms with Crippen LogP contribution in [0.2, 0.25) is 0 Å². The maximum Gasteiger partial charge on any atom is 0.317 e. The zero-order valence-electron chi connectivity index (χ0n) is 14.0. The fraction of sp³-hybridized carbons (Fsp3) is 0.882. The molecule has 3 aliphatic carbocycles. The van der Waals surface area contributed by atoms with Crippen LogP contribution in [0.25, 0.3) is 0 Å². The summed E-state index contributed by atoms with van der Waals surface area (Å²) in [7, 11) is 0. The van der Waals surface area contributed by atoms with Gasteiger partial charge in [-0.15, -0.1) is 0 Å². The van der Waals surface area contributed by atoms with Gasteiger partial charge >= 0.3 is 12.0 Å². The summed E-state index contributed by atoms with van der Waals surface area (Å²) in [5.74, 6) is 0.119. The Morgan fingerprint density at radius 3 is 2.48 bits per heavy atom. The van der Waals surface area contributed by atoms with Crippen molar-refractivity contribution in [1.82, 2.24) is 15.5 Å². The van der Waals surface area contributed by atoms with Crippen LogP contribution < -0.4 is 10.6 Å². The van der Waals surface area contributed by atoms with Crippen molar-refractivity contribution in [3.05, 3.63) is 0 Å². The Bertz CT molecular complexity index is 454. The number of carboxylic acid groups (broad SMARTS) is 1. The fourth-order valence-electron chi connectivity index (χ4n) is 4.74. The normalized spacial score (nSPS) is 35.1. The molecule has 23 heavy (non-hydrogen) atoms. The summed E-state index contributed by atoms with van der Waals surface area (Å²) in [6.07, 6.45) is 8.20. The third kappa shape index (κ3) is 3.79.